The van der Waals surface area contributed by atoms with Crippen LogP contribution in [0.1, 0.15) is 18.4 Å². The van der Waals surface area contributed by atoms with E-state index in [4.69, 9.17) is 30.8 Å². The summed E-state index contributed by atoms with van der Waals surface area (Å²) in [7, 11) is 4.98. The van der Waals surface area contributed by atoms with Gasteiger partial charge in [-0.1, -0.05) is 17.7 Å². The minimum Gasteiger partial charge on any atom is -0.496 e. The Morgan fingerprint density at radius 2 is 1.94 bits per heavy atom. The van der Waals surface area contributed by atoms with Gasteiger partial charge in [0, 0.05) is 57.4 Å². The fraction of sp³-hybridized carbons (Fsp3) is 0.375. The molecule has 0 N–H and O–H groups in total. The molecule has 164 valence electrons. The first-order valence-electron chi connectivity index (χ1n) is 10.4. The minimum atomic E-state index is 0.526. The zero-order valence-electron chi connectivity index (χ0n) is 18.2. The second-order valence-electron chi connectivity index (χ2n) is 7.62. The summed E-state index contributed by atoms with van der Waals surface area (Å²) in [6, 6.07) is 7.93. The van der Waals surface area contributed by atoms with E-state index in [9.17, 15) is 0 Å². The normalized spacial score (nSPS) is 14.6. The first-order chi connectivity index (χ1) is 15.1. The van der Waals surface area contributed by atoms with E-state index in [-0.39, 0.29) is 0 Å². The van der Waals surface area contributed by atoms with E-state index in [1.54, 1.807) is 27.4 Å². The van der Waals surface area contributed by atoms with Crippen LogP contribution in [0, 0.1) is 0 Å². The number of hydrogen-bond acceptors (Lipinski definition) is 5. The lowest BCUT2D eigenvalue weighted by Crippen LogP contribution is -2.30. The molecule has 6 nitrogen and oxygen atoms in total. The summed E-state index contributed by atoms with van der Waals surface area (Å²) >= 11 is 6.35. The van der Waals surface area contributed by atoms with Crippen LogP contribution in [0.25, 0.3) is 22.5 Å². The quantitative estimate of drug-likeness (QED) is 0.470. The maximum absolute atomic E-state index is 6.35. The molecule has 0 radical (unpaired) electrons. The first kappa shape index (κ1) is 21.7. The predicted octanol–water partition coefficient (Wildman–Crippen LogP) is 4.80. The summed E-state index contributed by atoms with van der Waals surface area (Å²) in [5.41, 5.74) is 5.13. The van der Waals surface area contributed by atoms with Gasteiger partial charge in [0.05, 0.1) is 24.9 Å². The Morgan fingerprint density at radius 3 is 2.65 bits per heavy atom. The number of imidazole rings is 1. The molecule has 0 atom stereocenters. The van der Waals surface area contributed by atoms with Crippen molar-refractivity contribution < 1.29 is 14.2 Å². The summed E-state index contributed by atoms with van der Waals surface area (Å²) in [6.07, 6.45) is 8.50. The van der Waals surface area contributed by atoms with E-state index < -0.39 is 0 Å². The van der Waals surface area contributed by atoms with Crippen LogP contribution in [0.15, 0.2) is 42.7 Å². The van der Waals surface area contributed by atoms with Crippen LogP contribution in [0.5, 0.6) is 11.5 Å². The van der Waals surface area contributed by atoms with Gasteiger partial charge in [0.15, 0.2) is 0 Å². The second-order valence-corrected chi connectivity index (χ2v) is 8.03. The van der Waals surface area contributed by atoms with Gasteiger partial charge < -0.3 is 18.6 Å². The van der Waals surface area contributed by atoms with Gasteiger partial charge in [-0.2, -0.15) is 0 Å². The molecule has 4 rings (SSSR count). The molecule has 0 bridgehead atoms. The van der Waals surface area contributed by atoms with Crippen molar-refractivity contribution in [3.63, 3.8) is 0 Å². The van der Waals surface area contributed by atoms with E-state index >= 15 is 0 Å². The fourth-order valence-corrected chi connectivity index (χ4v) is 4.22. The maximum Gasteiger partial charge on any atom is 0.141 e. The Labute approximate surface area is 188 Å². The highest BCUT2D eigenvalue weighted by Gasteiger charge is 2.16. The SMILES string of the molecule is COCCCN1CC=C(c2ccn3cc(-c4cc(Cl)c(OC)cc4OC)nc3c2)CC1. The molecule has 31 heavy (non-hydrogen) atoms. The Bertz CT molecular complexity index is 1090. The number of halogens is 1. The number of ether oxygens (including phenoxy) is 3. The molecule has 1 aromatic carbocycles. The highest BCUT2D eigenvalue weighted by atomic mass is 35.5. The van der Waals surface area contributed by atoms with Gasteiger partial charge >= 0.3 is 0 Å². The van der Waals surface area contributed by atoms with Crippen molar-refractivity contribution in [2.45, 2.75) is 12.8 Å². The number of rotatable bonds is 8. The Kier molecular flexibility index (Phi) is 6.80. The molecular weight excluding hydrogens is 414 g/mol. The van der Waals surface area contributed by atoms with E-state index in [1.165, 1.54) is 11.1 Å². The van der Waals surface area contributed by atoms with Crippen molar-refractivity contribution >= 4 is 22.8 Å². The van der Waals surface area contributed by atoms with Gasteiger partial charge in [-0.15, -0.1) is 0 Å². The van der Waals surface area contributed by atoms with Crippen molar-refractivity contribution in [2.24, 2.45) is 0 Å². The Morgan fingerprint density at radius 1 is 1.10 bits per heavy atom. The van der Waals surface area contributed by atoms with Gasteiger partial charge in [-0.25, -0.2) is 4.98 Å². The summed E-state index contributed by atoms with van der Waals surface area (Å²) in [6.45, 7) is 3.94. The van der Waals surface area contributed by atoms with Crippen molar-refractivity contribution in [2.75, 3.05) is 47.6 Å². The number of nitrogens with zero attached hydrogens (tertiary/aromatic N) is 3. The summed E-state index contributed by atoms with van der Waals surface area (Å²) in [5, 5.41) is 0.526. The first-order valence-corrected chi connectivity index (χ1v) is 10.8. The third kappa shape index (κ3) is 4.71. The van der Waals surface area contributed by atoms with Crippen LogP contribution in [-0.2, 0) is 4.74 Å². The number of aromatic nitrogens is 2. The summed E-state index contributed by atoms with van der Waals surface area (Å²) in [4.78, 5) is 7.31. The lowest BCUT2D eigenvalue weighted by molar-refractivity contribution is 0.175. The number of pyridine rings is 1. The third-order valence-corrected chi connectivity index (χ3v) is 5.99. The van der Waals surface area contributed by atoms with Gasteiger partial charge in [0.25, 0.3) is 0 Å². The standard InChI is InChI=1S/C24H28ClN3O3/c1-29-12-4-8-27-9-5-17(6-10-27)18-7-11-28-16-21(26-24(28)13-18)19-14-20(25)23(31-3)15-22(19)30-2/h5,7,11,13-16H,4,6,8-10,12H2,1-3H3. The van der Waals surface area contributed by atoms with Crippen LogP contribution < -0.4 is 9.47 Å². The molecule has 1 aliphatic rings. The largest absolute Gasteiger partial charge is 0.496 e. The topological polar surface area (TPSA) is 48.2 Å². The minimum absolute atomic E-state index is 0.526. The Hall–Kier alpha value is -2.54. The molecule has 0 amide bonds. The molecule has 0 spiro atoms. The smallest absolute Gasteiger partial charge is 0.141 e. The molecule has 2 aromatic heterocycles. The molecule has 0 saturated carbocycles. The average Bonchev–Trinajstić information content (AvgIpc) is 3.23. The zero-order valence-corrected chi connectivity index (χ0v) is 19.0. The van der Waals surface area contributed by atoms with E-state index in [0.29, 0.717) is 16.5 Å². The van der Waals surface area contributed by atoms with Gasteiger partial charge in [-0.3, -0.25) is 4.90 Å². The van der Waals surface area contributed by atoms with Gasteiger partial charge in [0.2, 0.25) is 0 Å². The molecule has 0 unspecified atom stereocenters. The lowest BCUT2D eigenvalue weighted by atomic mass is 10.0. The van der Waals surface area contributed by atoms with E-state index in [0.717, 1.165) is 56.0 Å². The zero-order chi connectivity index (χ0) is 21.8. The van der Waals surface area contributed by atoms with Crippen LogP contribution >= 0.6 is 11.6 Å². The van der Waals surface area contributed by atoms with Crippen LogP contribution in [0.4, 0.5) is 0 Å². The van der Waals surface area contributed by atoms with Gasteiger partial charge in [0.1, 0.15) is 17.1 Å². The summed E-state index contributed by atoms with van der Waals surface area (Å²) in [5.74, 6) is 1.25. The monoisotopic (exact) mass is 441 g/mol. The van der Waals surface area contributed by atoms with Gasteiger partial charge in [-0.05, 0) is 42.2 Å². The maximum atomic E-state index is 6.35. The van der Waals surface area contributed by atoms with Crippen molar-refractivity contribution in [1.29, 1.82) is 0 Å². The lowest BCUT2D eigenvalue weighted by Gasteiger charge is -2.26. The molecule has 3 aromatic rings. The highest BCUT2D eigenvalue weighted by molar-refractivity contribution is 6.32. The number of hydrogen-bond donors (Lipinski definition) is 0. The molecule has 7 heteroatoms. The number of benzene rings is 1. The van der Waals surface area contributed by atoms with E-state index in [2.05, 4.69) is 29.3 Å². The average molecular weight is 442 g/mol. The highest BCUT2D eigenvalue weighted by Crippen LogP contribution is 2.38. The van der Waals surface area contributed by atoms with Crippen molar-refractivity contribution in [1.82, 2.24) is 14.3 Å². The summed E-state index contributed by atoms with van der Waals surface area (Å²) < 4.78 is 18.0. The molecule has 0 saturated heterocycles. The van der Waals surface area contributed by atoms with Crippen LogP contribution in [0.2, 0.25) is 5.02 Å². The fourth-order valence-electron chi connectivity index (χ4n) is 3.98. The predicted molar refractivity (Wildman–Crippen MR) is 124 cm³/mol. The molecule has 1 aliphatic heterocycles. The molecule has 0 fully saturated rings. The Balaban J connectivity index is 1.58. The van der Waals surface area contributed by atoms with Crippen LogP contribution in [0.3, 0.4) is 0 Å². The third-order valence-electron chi connectivity index (χ3n) is 5.70. The van der Waals surface area contributed by atoms with Crippen molar-refractivity contribution in [3.05, 3.63) is 53.3 Å². The molecule has 0 aliphatic carbocycles. The number of methoxy groups -OCH3 is 3. The van der Waals surface area contributed by atoms with E-state index in [1.807, 2.05) is 16.7 Å². The second kappa shape index (κ2) is 9.73. The van der Waals surface area contributed by atoms with Crippen LogP contribution in [-0.4, -0.2) is 61.9 Å². The van der Waals surface area contributed by atoms with Crippen molar-refractivity contribution in [3.8, 4) is 22.8 Å². The molecular formula is C24H28ClN3O3. The number of fused-ring (bicyclic) bond motifs is 1. The molecule has 3 heterocycles.